The second-order valence-corrected chi connectivity index (χ2v) is 5.85. The van der Waals surface area contributed by atoms with Gasteiger partial charge in [-0.15, -0.1) is 10.2 Å². The van der Waals surface area contributed by atoms with Crippen molar-refractivity contribution in [1.29, 1.82) is 0 Å². The third kappa shape index (κ3) is 5.27. The molecule has 2 aromatic carbocycles. The highest BCUT2D eigenvalue weighted by Gasteiger charge is 2.26. The van der Waals surface area contributed by atoms with Crippen molar-refractivity contribution in [2.45, 2.75) is 12.7 Å². The predicted molar refractivity (Wildman–Crippen MR) is 96.5 cm³/mol. The van der Waals surface area contributed by atoms with Gasteiger partial charge in [0.2, 0.25) is 0 Å². The van der Waals surface area contributed by atoms with E-state index in [-0.39, 0.29) is 18.7 Å². The first-order chi connectivity index (χ1) is 11.7. The zero-order valence-electron chi connectivity index (χ0n) is 14.4. The van der Waals surface area contributed by atoms with Crippen molar-refractivity contribution in [2.24, 2.45) is 15.3 Å². The van der Waals surface area contributed by atoms with Crippen molar-refractivity contribution in [1.82, 2.24) is 4.90 Å². The molecule has 0 fully saturated rings. The molecule has 6 nitrogen and oxygen atoms in total. The molecular formula is C18H23ClN6. The number of quaternary nitrogens is 1. The van der Waals surface area contributed by atoms with E-state index in [4.69, 9.17) is 0 Å². The van der Waals surface area contributed by atoms with E-state index in [1.54, 1.807) is 6.34 Å². The third-order valence-corrected chi connectivity index (χ3v) is 3.94. The normalized spacial score (nSPS) is 19.2. The summed E-state index contributed by atoms with van der Waals surface area (Å²) >= 11 is 0. The molecule has 3 rings (SSSR count). The lowest BCUT2D eigenvalue weighted by Gasteiger charge is -2.13. The maximum atomic E-state index is 4.36. The molecule has 2 atom stereocenters. The molecule has 0 amide bonds. The molecular weight excluding hydrogens is 336 g/mol. The van der Waals surface area contributed by atoms with E-state index < -0.39 is 0 Å². The van der Waals surface area contributed by atoms with Crippen molar-refractivity contribution in [3.05, 3.63) is 60.2 Å². The maximum absolute atomic E-state index is 4.36. The molecule has 0 saturated heterocycles. The number of benzene rings is 2. The van der Waals surface area contributed by atoms with Gasteiger partial charge in [0.05, 0.1) is 12.7 Å². The lowest BCUT2D eigenvalue weighted by Crippen LogP contribution is -3.07. The van der Waals surface area contributed by atoms with Gasteiger partial charge in [-0.25, -0.2) is 0 Å². The number of azo groups is 1. The van der Waals surface area contributed by atoms with E-state index in [0.717, 1.165) is 29.3 Å². The molecule has 1 aliphatic rings. The quantitative estimate of drug-likeness (QED) is 0.659. The average Bonchev–Trinajstić information content (AvgIpc) is 2.93. The van der Waals surface area contributed by atoms with Gasteiger partial charge in [0.15, 0.2) is 6.34 Å². The highest BCUT2D eigenvalue weighted by atomic mass is 35.5. The van der Waals surface area contributed by atoms with Crippen LogP contribution in [0.25, 0.3) is 0 Å². The first-order valence-electron chi connectivity index (χ1n) is 8.11. The number of hydrogen-bond acceptors (Lipinski definition) is 5. The van der Waals surface area contributed by atoms with Crippen LogP contribution in [0, 0.1) is 0 Å². The molecule has 1 aliphatic heterocycles. The summed E-state index contributed by atoms with van der Waals surface area (Å²) in [7, 11) is 3.91. The Kier molecular flexibility index (Phi) is 6.91. The van der Waals surface area contributed by atoms with Crippen LogP contribution in [0.1, 0.15) is 5.56 Å². The maximum Gasteiger partial charge on any atom is 0.305 e. The van der Waals surface area contributed by atoms with Crippen LogP contribution in [0.2, 0.25) is 0 Å². The van der Waals surface area contributed by atoms with Gasteiger partial charge >= 0.3 is 6.29 Å². The fourth-order valence-electron chi connectivity index (χ4n) is 2.53. The van der Waals surface area contributed by atoms with Crippen LogP contribution in [0.4, 0.5) is 11.4 Å². The zero-order chi connectivity index (χ0) is 16.8. The van der Waals surface area contributed by atoms with E-state index in [1.807, 2.05) is 49.3 Å². The second-order valence-electron chi connectivity index (χ2n) is 5.85. The van der Waals surface area contributed by atoms with Gasteiger partial charge in [-0.3, -0.25) is 4.90 Å². The predicted octanol–water partition coefficient (Wildman–Crippen LogP) is -0.884. The zero-order valence-corrected chi connectivity index (χ0v) is 15.2. The Balaban J connectivity index is 0.00000225. The van der Waals surface area contributed by atoms with Crippen LogP contribution < -0.4 is 22.7 Å². The largest absolute Gasteiger partial charge is 1.00 e. The van der Waals surface area contributed by atoms with Crippen molar-refractivity contribution < 1.29 is 17.4 Å². The molecule has 2 aromatic rings. The highest BCUT2D eigenvalue weighted by Crippen LogP contribution is 2.17. The molecule has 0 aliphatic carbocycles. The van der Waals surface area contributed by atoms with Crippen LogP contribution in [0.5, 0.6) is 0 Å². The van der Waals surface area contributed by atoms with Crippen LogP contribution >= 0.6 is 0 Å². The molecule has 25 heavy (non-hydrogen) atoms. The summed E-state index contributed by atoms with van der Waals surface area (Å²) in [5.41, 5.74) is 3.27. The van der Waals surface area contributed by atoms with Crippen molar-refractivity contribution in [2.75, 3.05) is 26.0 Å². The Morgan fingerprint density at radius 2 is 1.84 bits per heavy atom. The Morgan fingerprint density at radius 3 is 2.48 bits per heavy atom. The summed E-state index contributed by atoms with van der Waals surface area (Å²) in [6.45, 7) is 0.906. The van der Waals surface area contributed by atoms with Gasteiger partial charge in [0, 0.05) is 19.3 Å². The summed E-state index contributed by atoms with van der Waals surface area (Å²) < 4.78 is 0. The number of anilines is 1. The molecule has 0 bridgehead atoms. The Bertz CT molecular complexity index is 689. The third-order valence-electron chi connectivity index (χ3n) is 3.94. The molecule has 1 heterocycles. The first kappa shape index (κ1) is 18.9. The standard InChI is InChI=1S/C18H22N6.ClH/c1-23-14-20-24(2)18(23)22-21-17-10-8-16(9-11-17)19-13-12-15-6-4-3-5-7-15;/h3-11,14,18-19H,12-13H2,1-2H3;1H. The van der Waals surface area contributed by atoms with E-state index in [2.05, 4.69) is 44.9 Å². The molecule has 0 saturated carbocycles. The van der Waals surface area contributed by atoms with Crippen LogP contribution in [0.3, 0.4) is 0 Å². The fraction of sp³-hybridized carbons (Fsp3) is 0.278. The van der Waals surface area contributed by atoms with E-state index in [9.17, 15) is 0 Å². The minimum atomic E-state index is -0.0892. The summed E-state index contributed by atoms with van der Waals surface area (Å²) in [5.74, 6) is 0. The average molecular weight is 359 g/mol. The Labute approximate surface area is 154 Å². The molecule has 0 aromatic heterocycles. The van der Waals surface area contributed by atoms with Crippen molar-refractivity contribution >= 4 is 17.7 Å². The number of nitrogens with one attached hydrogen (secondary N) is 2. The SMILES string of the molecule is CN1C=N[NH+](C)C1N=Nc1ccc(NCCc2ccccc2)cc1.[Cl-]. The number of hydrogen-bond donors (Lipinski definition) is 2. The number of rotatable bonds is 6. The molecule has 2 N–H and O–H groups in total. The summed E-state index contributed by atoms with van der Waals surface area (Å²) in [4.78, 5) is 1.94. The van der Waals surface area contributed by atoms with Gasteiger partial charge in [-0.1, -0.05) is 35.4 Å². The van der Waals surface area contributed by atoms with Gasteiger partial charge in [-0.2, -0.15) is 5.01 Å². The van der Waals surface area contributed by atoms with Crippen LogP contribution in [0.15, 0.2) is 69.9 Å². The topological polar surface area (TPSA) is 56.8 Å². The molecule has 2 unspecified atom stereocenters. The van der Waals surface area contributed by atoms with Crippen molar-refractivity contribution in [3.8, 4) is 0 Å². The monoisotopic (exact) mass is 358 g/mol. The molecule has 0 spiro atoms. The lowest BCUT2D eigenvalue weighted by molar-refractivity contribution is -0.914. The fourth-order valence-corrected chi connectivity index (χ4v) is 2.53. The lowest BCUT2D eigenvalue weighted by atomic mass is 10.1. The van der Waals surface area contributed by atoms with Gasteiger partial charge in [0.1, 0.15) is 0 Å². The summed E-state index contributed by atoms with van der Waals surface area (Å²) in [5, 5.41) is 17.3. The minimum absolute atomic E-state index is 0. The Morgan fingerprint density at radius 1 is 1.12 bits per heavy atom. The molecule has 0 radical (unpaired) electrons. The highest BCUT2D eigenvalue weighted by molar-refractivity contribution is 5.54. The Hall–Kier alpha value is -2.44. The summed E-state index contributed by atoms with van der Waals surface area (Å²) in [6, 6.07) is 18.5. The molecule has 7 heteroatoms. The van der Waals surface area contributed by atoms with Gasteiger partial charge < -0.3 is 17.7 Å². The van der Waals surface area contributed by atoms with Crippen LogP contribution in [-0.4, -0.2) is 38.2 Å². The first-order valence-corrected chi connectivity index (χ1v) is 8.11. The number of halogens is 1. The van der Waals surface area contributed by atoms with E-state index in [0.29, 0.717) is 0 Å². The second kappa shape index (κ2) is 9.15. The number of nitrogens with zero attached hydrogens (tertiary/aromatic N) is 4. The molecule has 132 valence electrons. The van der Waals surface area contributed by atoms with Crippen molar-refractivity contribution in [3.63, 3.8) is 0 Å². The smallest absolute Gasteiger partial charge is 0.305 e. The van der Waals surface area contributed by atoms with E-state index >= 15 is 0 Å². The minimum Gasteiger partial charge on any atom is -1.00 e. The van der Waals surface area contributed by atoms with Gasteiger partial charge in [0.25, 0.3) is 0 Å². The van der Waals surface area contributed by atoms with Gasteiger partial charge in [-0.05, 0) is 36.2 Å². The van der Waals surface area contributed by atoms with Crippen LogP contribution in [-0.2, 0) is 6.42 Å². The van der Waals surface area contributed by atoms with E-state index in [1.165, 1.54) is 5.56 Å². The summed E-state index contributed by atoms with van der Waals surface area (Å²) in [6.07, 6.45) is 2.69.